The summed E-state index contributed by atoms with van der Waals surface area (Å²) in [6.07, 6.45) is 2.28. The van der Waals surface area contributed by atoms with Crippen LogP contribution in [0.5, 0.6) is 0 Å². The average Bonchev–Trinajstić information content (AvgIpc) is 2.44. The quantitative estimate of drug-likeness (QED) is 0.820. The fourth-order valence-electron chi connectivity index (χ4n) is 2.53. The van der Waals surface area contributed by atoms with Crippen LogP contribution in [0.25, 0.3) is 0 Å². The number of fused-ring (bicyclic) bond motifs is 1. The van der Waals surface area contributed by atoms with Gasteiger partial charge in [-0.2, -0.15) is 5.26 Å². The van der Waals surface area contributed by atoms with Crippen molar-refractivity contribution in [3.8, 4) is 6.07 Å². The van der Waals surface area contributed by atoms with Crippen LogP contribution in [-0.2, 0) is 11.2 Å². The van der Waals surface area contributed by atoms with Gasteiger partial charge >= 0.3 is 0 Å². The van der Waals surface area contributed by atoms with E-state index in [-0.39, 0.29) is 6.04 Å². The zero-order valence-corrected chi connectivity index (χ0v) is 11.6. The monoisotopic (exact) mass is 259 g/mol. The van der Waals surface area contributed by atoms with E-state index >= 15 is 0 Å². The van der Waals surface area contributed by atoms with Crippen molar-refractivity contribution in [1.82, 2.24) is 5.32 Å². The Morgan fingerprint density at radius 3 is 3.11 bits per heavy atom. The minimum absolute atomic E-state index is 0.257. The summed E-state index contributed by atoms with van der Waals surface area (Å²) in [6, 6.07) is 8.40. The molecule has 4 nitrogen and oxygen atoms in total. The number of methoxy groups -OCH3 is 1. The maximum atomic E-state index is 9.27. The van der Waals surface area contributed by atoms with E-state index in [4.69, 9.17) is 4.74 Å². The maximum Gasteiger partial charge on any atom is 0.121 e. The Kier molecular flexibility index (Phi) is 4.78. The van der Waals surface area contributed by atoms with E-state index in [0.717, 1.165) is 18.5 Å². The van der Waals surface area contributed by atoms with Gasteiger partial charge in [0.25, 0.3) is 0 Å². The molecule has 19 heavy (non-hydrogen) atoms. The Morgan fingerprint density at radius 2 is 2.37 bits per heavy atom. The van der Waals surface area contributed by atoms with Crippen LogP contribution in [0.4, 0.5) is 5.69 Å². The SMILES string of the molecule is COCCNC(C#N)c1ccc2c(c1)CCCN2C. The Bertz CT molecular complexity index is 467. The number of benzene rings is 1. The highest BCUT2D eigenvalue weighted by Crippen LogP contribution is 2.28. The van der Waals surface area contributed by atoms with Crippen LogP contribution in [-0.4, -0.2) is 33.9 Å². The largest absolute Gasteiger partial charge is 0.383 e. The van der Waals surface area contributed by atoms with Gasteiger partial charge in [-0.15, -0.1) is 0 Å². The lowest BCUT2D eigenvalue weighted by Gasteiger charge is -2.28. The molecule has 0 radical (unpaired) electrons. The van der Waals surface area contributed by atoms with Gasteiger partial charge in [-0.3, -0.25) is 5.32 Å². The van der Waals surface area contributed by atoms with Crippen molar-refractivity contribution < 1.29 is 4.74 Å². The van der Waals surface area contributed by atoms with Gasteiger partial charge in [0.05, 0.1) is 12.7 Å². The molecule has 0 amide bonds. The summed E-state index contributed by atoms with van der Waals surface area (Å²) in [5.74, 6) is 0. The summed E-state index contributed by atoms with van der Waals surface area (Å²) < 4.78 is 5.00. The first-order chi connectivity index (χ1) is 9.26. The van der Waals surface area contributed by atoms with Crippen LogP contribution >= 0.6 is 0 Å². The van der Waals surface area contributed by atoms with Gasteiger partial charge in [0, 0.05) is 32.9 Å². The molecule has 0 aromatic heterocycles. The number of nitrogens with zero attached hydrogens (tertiary/aromatic N) is 2. The summed E-state index contributed by atoms with van der Waals surface area (Å²) in [4.78, 5) is 2.28. The zero-order chi connectivity index (χ0) is 13.7. The molecule has 2 rings (SSSR count). The van der Waals surface area contributed by atoms with Gasteiger partial charge in [0.1, 0.15) is 6.04 Å². The van der Waals surface area contributed by atoms with Crippen LogP contribution in [0, 0.1) is 11.3 Å². The fraction of sp³-hybridized carbons (Fsp3) is 0.533. The molecule has 0 bridgehead atoms. The molecule has 1 aliphatic heterocycles. The average molecular weight is 259 g/mol. The molecule has 1 heterocycles. The van der Waals surface area contributed by atoms with E-state index in [2.05, 4.69) is 35.5 Å². The Labute approximate surface area is 115 Å². The molecule has 0 aliphatic carbocycles. The second kappa shape index (κ2) is 6.55. The van der Waals surface area contributed by atoms with Crippen molar-refractivity contribution in [2.45, 2.75) is 18.9 Å². The molecule has 102 valence electrons. The molecule has 0 fully saturated rings. The first-order valence-electron chi connectivity index (χ1n) is 6.72. The van der Waals surface area contributed by atoms with Crippen LogP contribution in [0.3, 0.4) is 0 Å². The van der Waals surface area contributed by atoms with Gasteiger partial charge in [-0.25, -0.2) is 0 Å². The van der Waals surface area contributed by atoms with Crippen molar-refractivity contribution in [3.05, 3.63) is 29.3 Å². The lowest BCUT2D eigenvalue weighted by Crippen LogP contribution is -2.26. The number of nitrogens with one attached hydrogen (secondary N) is 1. The van der Waals surface area contributed by atoms with Crippen molar-refractivity contribution in [3.63, 3.8) is 0 Å². The molecule has 1 aromatic rings. The zero-order valence-electron chi connectivity index (χ0n) is 11.6. The molecule has 1 atom stereocenters. The van der Waals surface area contributed by atoms with Gasteiger partial charge in [0.2, 0.25) is 0 Å². The lowest BCUT2D eigenvalue weighted by atomic mass is 9.97. The van der Waals surface area contributed by atoms with E-state index in [1.54, 1.807) is 7.11 Å². The molecule has 1 unspecified atom stereocenters. The smallest absolute Gasteiger partial charge is 0.121 e. The van der Waals surface area contributed by atoms with Crippen molar-refractivity contribution in [2.75, 3.05) is 38.8 Å². The highest BCUT2D eigenvalue weighted by atomic mass is 16.5. The van der Waals surface area contributed by atoms with Crippen LogP contribution in [0.1, 0.15) is 23.6 Å². The van der Waals surface area contributed by atoms with Crippen molar-refractivity contribution >= 4 is 5.69 Å². The van der Waals surface area contributed by atoms with Gasteiger partial charge in [-0.1, -0.05) is 12.1 Å². The minimum Gasteiger partial charge on any atom is -0.383 e. The third kappa shape index (κ3) is 3.25. The second-order valence-electron chi connectivity index (χ2n) is 4.92. The molecule has 0 saturated carbocycles. The Morgan fingerprint density at radius 1 is 1.53 bits per heavy atom. The van der Waals surface area contributed by atoms with Crippen LogP contribution in [0.2, 0.25) is 0 Å². The molecule has 1 aliphatic rings. The van der Waals surface area contributed by atoms with Gasteiger partial charge < -0.3 is 9.64 Å². The van der Waals surface area contributed by atoms with E-state index < -0.39 is 0 Å². The Balaban J connectivity index is 2.13. The van der Waals surface area contributed by atoms with E-state index in [1.807, 2.05) is 6.07 Å². The second-order valence-corrected chi connectivity index (χ2v) is 4.92. The standard InChI is InChI=1S/C15H21N3O/c1-18-8-3-4-13-10-12(5-6-15(13)18)14(11-16)17-7-9-19-2/h5-6,10,14,17H,3-4,7-9H2,1-2H3. The van der Waals surface area contributed by atoms with Crippen molar-refractivity contribution in [1.29, 1.82) is 5.26 Å². The maximum absolute atomic E-state index is 9.27. The minimum atomic E-state index is -0.257. The molecule has 4 heteroatoms. The topological polar surface area (TPSA) is 48.3 Å². The number of rotatable bonds is 5. The van der Waals surface area contributed by atoms with E-state index in [9.17, 15) is 5.26 Å². The third-order valence-corrected chi connectivity index (χ3v) is 3.57. The number of aryl methyl sites for hydroxylation is 1. The molecule has 1 aromatic carbocycles. The summed E-state index contributed by atoms with van der Waals surface area (Å²) in [5.41, 5.74) is 3.69. The number of hydrogen-bond donors (Lipinski definition) is 1. The van der Waals surface area contributed by atoms with Crippen molar-refractivity contribution in [2.24, 2.45) is 0 Å². The predicted molar refractivity (Wildman–Crippen MR) is 76.3 cm³/mol. The molecule has 0 saturated heterocycles. The summed E-state index contributed by atoms with van der Waals surface area (Å²) in [5, 5.41) is 12.5. The third-order valence-electron chi connectivity index (χ3n) is 3.57. The molecule has 1 N–H and O–H groups in total. The number of anilines is 1. The van der Waals surface area contributed by atoms with Crippen LogP contribution in [0.15, 0.2) is 18.2 Å². The number of hydrogen-bond acceptors (Lipinski definition) is 4. The number of nitriles is 1. The fourth-order valence-corrected chi connectivity index (χ4v) is 2.53. The highest BCUT2D eigenvalue weighted by Gasteiger charge is 2.16. The Hall–Kier alpha value is -1.57. The first kappa shape index (κ1) is 13.9. The molecular weight excluding hydrogens is 238 g/mol. The van der Waals surface area contributed by atoms with E-state index in [0.29, 0.717) is 13.2 Å². The highest BCUT2D eigenvalue weighted by molar-refractivity contribution is 5.56. The van der Waals surface area contributed by atoms with Crippen LogP contribution < -0.4 is 10.2 Å². The predicted octanol–water partition coefficient (Wildman–Crippen LogP) is 1.87. The molecular formula is C15H21N3O. The normalized spacial score (nSPS) is 15.7. The summed E-state index contributed by atoms with van der Waals surface area (Å²) >= 11 is 0. The summed E-state index contributed by atoms with van der Waals surface area (Å²) in [6.45, 7) is 2.41. The first-order valence-corrected chi connectivity index (χ1v) is 6.72. The van der Waals surface area contributed by atoms with Gasteiger partial charge in [0.15, 0.2) is 0 Å². The van der Waals surface area contributed by atoms with E-state index in [1.165, 1.54) is 17.7 Å². The summed E-state index contributed by atoms with van der Waals surface area (Å²) in [7, 11) is 3.79. The van der Waals surface area contributed by atoms with Gasteiger partial charge in [-0.05, 0) is 30.0 Å². The lowest BCUT2D eigenvalue weighted by molar-refractivity contribution is 0.198. The molecule has 0 spiro atoms. The number of ether oxygens (including phenoxy) is 1.